The lowest BCUT2D eigenvalue weighted by Gasteiger charge is -2.08. The van der Waals surface area contributed by atoms with Gasteiger partial charge in [-0.1, -0.05) is 31.2 Å². The standard InChI is InChI=1S/C14H21NO/c1-3-15-9-12-8-14(12)13-7-5-4-6-11(13)10-16-2/h4-7,12,14-15H,3,8-10H2,1-2H3. The molecule has 0 radical (unpaired) electrons. The maximum absolute atomic E-state index is 5.25. The summed E-state index contributed by atoms with van der Waals surface area (Å²) in [6, 6.07) is 8.67. The summed E-state index contributed by atoms with van der Waals surface area (Å²) in [6.07, 6.45) is 1.33. The van der Waals surface area contributed by atoms with E-state index in [1.807, 2.05) is 0 Å². The Morgan fingerprint density at radius 2 is 2.19 bits per heavy atom. The van der Waals surface area contributed by atoms with Gasteiger partial charge >= 0.3 is 0 Å². The number of methoxy groups -OCH3 is 1. The lowest BCUT2D eigenvalue weighted by molar-refractivity contribution is 0.184. The topological polar surface area (TPSA) is 21.3 Å². The second-order valence-corrected chi connectivity index (χ2v) is 4.54. The van der Waals surface area contributed by atoms with Crippen LogP contribution in [0.1, 0.15) is 30.4 Å². The van der Waals surface area contributed by atoms with Gasteiger partial charge in [0.05, 0.1) is 6.61 Å². The van der Waals surface area contributed by atoms with Gasteiger partial charge in [-0.2, -0.15) is 0 Å². The van der Waals surface area contributed by atoms with Crippen LogP contribution in [0.25, 0.3) is 0 Å². The van der Waals surface area contributed by atoms with Crippen LogP contribution in [0.2, 0.25) is 0 Å². The van der Waals surface area contributed by atoms with E-state index in [1.54, 1.807) is 7.11 Å². The third-order valence-corrected chi connectivity index (χ3v) is 3.33. The summed E-state index contributed by atoms with van der Waals surface area (Å²) in [7, 11) is 1.76. The Kier molecular flexibility index (Phi) is 3.97. The van der Waals surface area contributed by atoms with Crippen molar-refractivity contribution in [2.45, 2.75) is 25.9 Å². The summed E-state index contributed by atoms with van der Waals surface area (Å²) in [5.41, 5.74) is 2.85. The molecule has 2 heteroatoms. The molecule has 1 N–H and O–H groups in total. The molecule has 1 saturated carbocycles. The summed E-state index contributed by atoms with van der Waals surface area (Å²) in [5.74, 6) is 1.59. The van der Waals surface area contributed by atoms with E-state index in [2.05, 4.69) is 36.5 Å². The molecule has 1 aliphatic rings. The van der Waals surface area contributed by atoms with E-state index in [-0.39, 0.29) is 0 Å². The molecule has 1 fully saturated rings. The van der Waals surface area contributed by atoms with Crippen molar-refractivity contribution in [2.24, 2.45) is 5.92 Å². The van der Waals surface area contributed by atoms with Gasteiger partial charge in [0.1, 0.15) is 0 Å². The van der Waals surface area contributed by atoms with E-state index in [1.165, 1.54) is 17.5 Å². The Morgan fingerprint density at radius 1 is 1.38 bits per heavy atom. The molecule has 0 amide bonds. The van der Waals surface area contributed by atoms with Crippen LogP contribution in [-0.2, 0) is 11.3 Å². The molecule has 2 rings (SSSR count). The van der Waals surface area contributed by atoms with E-state index in [0.717, 1.165) is 31.5 Å². The smallest absolute Gasteiger partial charge is 0.0715 e. The van der Waals surface area contributed by atoms with Crippen LogP contribution in [-0.4, -0.2) is 20.2 Å². The summed E-state index contributed by atoms with van der Waals surface area (Å²) in [6.45, 7) is 5.13. The van der Waals surface area contributed by atoms with Crippen molar-refractivity contribution in [2.75, 3.05) is 20.2 Å². The quantitative estimate of drug-likeness (QED) is 0.794. The Bertz CT molecular complexity index is 337. The van der Waals surface area contributed by atoms with Crippen molar-refractivity contribution in [3.8, 4) is 0 Å². The highest BCUT2D eigenvalue weighted by Crippen LogP contribution is 2.48. The van der Waals surface area contributed by atoms with E-state index in [4.69, 9.17) is 4.74 Å². The first-order valence-electron chi connectivity index (χ1n) is 6.14. The molecule has 2 nitrogen and oxygen atoms in total. The second-order valence-electron chi connectivity index (χ2n) is 4.54. The van der Waals surface area contributed by atoms with Crippen LogP contribution in [0, 0.1) is 5.92 Å². The SMILES string of the molecule is CCNCC1CC1c1ccccc1COC. The summed E-state index contributed by atoms with van der Waals surface area (Å²) in [4.78, 5) is 0. The van der Waals surface area contributed by atoms with Crippen LogP contribution in [0.3, 0.4) is 0 Å². The molecular formula is C14H21NO. The number of ether oxygens (including phenoxy) is 1. The molecule has 2 unspecified atom stereocenters. The Hall–Kier alpha value is -0.860. The molecule has 1 aromatic carbocycles. The molecule has 0 heterocycles. The molecule has 0 bridgehead atoms. The molecule has 0 spiro atoms. The van der Waals surface area contributed by atoms with Crippen LogP contribution in [0.5, 0.6) is 0 Å². The Balaban J connectivity index is 1.99. The minimum absolute atomic E-state index is 0.737. The van der Waals surface area contributed by atoms with Gasteiger partial charge in [-0.3, -0.25) is 0 Å². The van der Waals surface area contributed by atoms with E-state index in [0.29, 0.717) is 0 Å². The first-order valence-corrected chi connectivity index (χ1v) is 6.14. The third kappa shape index (κ3) is 2.63. The van der Waals surface area contributed by atoms with Crippen molar-refractivity contribution >= 4 is 0 Å². The number of hydrogen-bond acceptors (Lipinski definition) is 2. The van der Waals surface area contributed by atoms with Gasteiger partial charge in [0, 0.05) is 7.11 Å². The summed E-state index contributed by atoms with van der Waals surface area (Å²) in [5, 5.41) is 3.43. The van der Waals surface area contributed by atoms with Gasteiger partial charge in [-0.25, -0.2) is 0 Å². The predicted octanol–water partition coefficient (Wildman–Crippen LogP) is 2.55. The number of hydrogen-bond donors (Lipinski definition) is 1. The fraction of sp³-hybridized carbons (Fsp3) is 0.571. The summed E-state index contributed by atoms with van der Waals surface area (Å²) < 4.78 is 5.25. The van der Waals surface area contributed by atoms with E-state index >= 15 is 0 Å². The largest absolute Gasteiger partial charge is 0.380 e. The first-order chi connectivity index (χ1) is 7.86. The molecule has 0 saturated heterocycles. The van der Waals surface area contributed by atoms with Gasteiger partial charge in [0.25, 0.3) is 0 Å². The van der Waals surface area contributed by atoms with Crippen LogP contribution >= 0.6 is 0 Å². The van der Waals surface area contributed by atoms with Gasteiger partial charge < -0.3 is 10.1 Å². The first kappa shape index (κ1) is 11.6. The van der Waals surface area contributed by atoms with Crippen molar-refractivity contribution in [1.82, 2.24) is 5.32 Å². The van der Waals surface area contributed by atoms with Gasteiger partial charge in [0.2, 0.25) is 0 Å². The van der Waals surface area contributed by atoms with E-state index in [9.17, 15) is 0 Å². The fourth-order valence-electron chi connectivity index (χ4n) is 2.37. The minimum atomic E-state index is 0.737. The van der Waals surface area contributed by atoms with Crippen LogP contribution in [0.4, 0.5) is 0 Å². The van der Waals surface area contributed by atoms with Crippen molar-refractivity contribution in [3.63, 3.8) is 0 Å². The Morgan fingerprint density at radius 3 is 2.94 bits per heavy atom. The highest BCUT2D eigenvalue weighted by molar-refractivity contribution is 5.34. The van der Waals surface area contributed by atoms with Crippen LogP contribution in [0.15, 0.2) is 24.3 Å². The van der Waals surface area contributed by atoms with E-state index < -0.39 is 0 Å². The zero-order valence-corrected chi connectivity index (χ0v) is 10.2. The monoisotopic (exact) mass is 219 g/mol. The molecule has 0 aromatic heterocycles. The molecule has 2 atom stereocenters. The third-order valence-electron chi connectivity index (χ3n) is 3.33. The molecule has 1 aromatic rings. The average Bonchev–Trinajstić information content (AvgIpc) is 3.07. The average molecular weight is 219 g/mol. The maximum Gasteiger partial charge on any atom is 0.0715 e. The normalized spacial score (nSPS) is 23.4. The molecule has 88 valence electrons. The fourth-order valence-corrected chi connectivity index (χ4v) is 2.37. The van der Waals surface area contributed by atoms with Crippen molar-refractivity contribution in [3.05, 3.63) is 35.4 Å². The number of benzene rings is 1. The zero-order chi connectivity index (χ0) is 11.4. The number of rotatable bonds is 6. The van der Waals surface area contributed by atoms with Crippen molar-refractivity contribution < 1.29 is 4.74 Å². The van der Waals surface area contributed by atoms with Gasteiger partial charge in [-0.15, -0.1) is 0 Å². The molecule has 0 aliphatic heterocycles. The highest BCUT2D eigenvalue weighted by Gasteiger charge is 2.38. The van der Waals surface area contributed by atoms with Gasteiger partial charge in [0.15, 0.2) is 0 Å². The molecular weight excluding hydrogens is 198 g/mol. The Labute approximate surface area is 98.0 Å². The minimum Gasteiger partial charge on any atom is -0.380 e. The molecule has 1 aliphatic carbocycles. The van der Waals surface area contributed by atoms with Gasteiger partial charge in [-0.05, 0) is 42.5 Å². The lowest BCUT2D eigenvalue weighted by Crippen LogP contribution is -2.16. The van der Waals surface area contributed by atoms with Crippen molar-refractivity contribution in [1.29, 1.82) is 0 Å². The maximum atomic E-state index is 5.25. The zero-order valence-electron chi connectivity index (χ0n) is 10.2. The van der Waals surface area contributed by atoms with Crippen LogP contribution < -0.4 is 5.32 Å². The lowest BCUT2D eigenvalue weighted by atomic mass is 10.0. The summed E-state index contributed by atoms with van der Waals surface area (Å²) >= 11 is 0. The second kappa shape index (κ2) is 5.46. The molecule has 16 heavy (non-hydrogen) atoms. The highest BCUT2D eigenvalue weighted by atomic mass is 16.5. The predicted molar refractivity (Wildman–Crippen MR) is 66.5 cm³/mol. The number of nitrogens with one attached hydrogen (secondary N) is 1.